The van der Waals surface area contributed by atoms with Gasteiger partial charge in [0.05, 0.1) is 12.7 Å². The summed E-state index contributed by atoms with van der Waals surface area (Å²) in [6, 6.07) is 17.3. The Morgan fingerprint density at radius 2 is 1.69 bits per heavy atom. The predicted molar refractivity (Wildman–Crippen MR) is 123 cm³/mol. The molecule has 0 aliphatic carbocycles. The van der Waals surface area contributed by atoms with Gasteiger partial charge in [0.1, 0.15) is 5.60 Å². The molecule has 0 saturated carbocycles. The van der Waals surface area contributed by atoms with Crippen molar-refractivity contribution in [1.29, 1.82) is 0 Å². The smallest absolute Gasteiger partial charge is 0.407 e. The Morgan fingerprint density at radius 3 is 2.34 bits per heavy atom. The Balaban J connectivity index is 1.52. The van der Waals surface area contributed by atoms with Crippen LogP contribution in [0.5, 0.6) is 0 Å². The fourth-order valence-electron chi connectivity index (χ4n) is 3.16. The van der Waals surface area contributed by atoms with Gasteiger partial charge >= 0.3 is 6.09 Å². The summed E-state index contributed by atoms with van der Waals surface area (Å²) in [4.78, 5) is 26.2. The number of hydrogen-bond acceptors (Lipinski definition) is 4. The number of ether oxygens (including phenoxy) is 1. The molecule has 0 bridgehead atoms. The van der Waals surface area contributed by atoms with E-state index in [0.29, 0.717) is 25.2 Å². The van der Waals surface area contributed by atoms with Crippen LogP contribution >= 0.6 is 0 Å². The fourth-order valence-corrected chi connectivity index (χ4v) is 3.16. The lowest BCUT2D eigenvalue weighted by Crippen LogP contribution is -2.32. The van der Waals surface area contributed by atoms with E-state index in [-0.39, 0.29) is 5.91 Å². The predicted octanol–water partition coefficient (Wildman–Crippen LogP) is 4.23. The SMILES string of the molecule is CN(Cc1cnn(Cc2ccccc2)c1)C(=O)c1ccc(CNC(=O)OC(C)(C)C)cc1. The molecule has 1 aromatic heterocycles. The first kappa shape index (κ1) is 23.1. The van der Waals surface area contributed by atoms with Crippen LogP contribution in [-0.2, 0) is 24.4 Å². The minimum atomic E-state index is -0.539. The Labute approximate surface area is 189 Å². The molecule has 168 valence electrons. The summed E-state index contributed by atoms with van der Waals surface area (Å²) in [5.41, 5.74) is 3.08. The molecule has 0 atom stereocenters. The van der Waals surface area contributed by atoms with Crippen molar-refractivity contribution in [2.45, 2.75) is 46.0 Å². The molecular formula is C25H30N4O3. The number of amides is 2. The quantitative estimate of drug-likeness (QED) is 0.604. The van der Waals surface area contributed by atoms with Crippen molar-refractivity contribution >= 4 is 12.0 Å². The van der Waals surface area contributed by atoms with Crippen LogP contribution in [0.4, 0.5) is 4.79 Å². The molecule has 0 radical (unpaired) electrons. The van der Waals surface area contributed by atoms with Crippen LogP contribution in [0.1, 0.15) is 47.8 Å². The summed E-state index contributed by atoms with van der Waals surface area (Å²) in [6.45, 7) is 6.94. The third kappa shape index (κ3) is 6.97. The maximum Gasteiger partial charge on any atom is 0.407 e. The van der Waals surface area contributed by atoms with Gasteiger partial charge in [0.15, 0.2) is 0 Å². The van der Waals surface area contributed by atoms with Crippen molar-refractivity contribution in [2.24, 2.45) is 0 Å². The van der Waals surface area contributed by atoms with Crippen molar-refractivity contribution < 1.29 is 14.3 Å². The molecule has 7 heteroatoms. The zero-order valence-electron chi connectivity index (χ0n) is 19.0. The zero-order valence-corrected chi connectivity index (χ0v) is 19.0. The van der Waals surface area contributed by atoms with Crippen molar-refractivity contribution in [1.82, 2.24) is 20.0 Å². The first-order valence-electron chi connectivity index (χ1n) is 10.6. The molecule has 0 fully saturated rings. The van der Waals surface area contributed by atoms with E-state index in [1.807, 2.05) is 62.0 Å². The Bertz CT molecular complexity index is 1040. The van der Waals surface area contributed by atoms with E-state index in [0.717, 1.165) is 11.1 Å². The number of hydrogen-bond donors (Lipinski definition) is 1. The number of nitrogens with one attached hydrogen (secondary N) is 1. The molecule has 2 amide bonds. The van der Waals surface area contributed by atoms with Gasteiger partial charge in [0, 0.05) is 37.5 Å². The molecular weight excluding hydrogens is 404 g/mol. The van der Waals surface area contributed by atoms with E-state index in [2.05, 4.69) is 22.5 Å². The number of benzene rings is 2. The number of rotatable bonds is 7. The Morgan fingerprint density at radius 1 is 1.00 bits per heavy atom. The first-order valence-corrected chi connectivity index (χ1v) is 10.6. The Kier molecular flexibility index (Phi) is 7.30. The van der Waals surface area contributed by atoms with E-state index >= 15 is 0 Å². The topological polar surface area (TPSA) is 76.5 Å². The Hall–Kier alpha value is -3.61. The van der Waals surface area contributed by atoms with Crippen LogP contribution < -0.4 is 5.32 Å². The molecule has 1 N–H and O–H groups in total. The number of nitrogens with zero attached hydrogens (tertiary/aromatic N) is 3. The van der Waals surface area contributed by atoms with E-state index in [1.54, 1.807) is 30.3 Å². The van der Waals surface area contributed by atoms with Crippen LogP contribution in [-0.4, -0.2) is 39.3 Å². The second-order valence-electron chi connectivity index (χ2n) is 8.75. The summed E-state index contributed by atoms with van der Waals surface area (Å²) >= 11 is 0. The largest absolute Gasteiger partial charge is 0.444 e. The third-order valence-corrected chi connectivity index (χ3v) is 4.68. The van der Waals surface area contributed by atoms with Gasteiger partial charge in [-0.2, -0.15) is 5.10 Å². The summed E-state index contributed by atoms with van der Waals surface area (Å²) in [6.07, 6.45) is 3.28. The zero-order chi connectivity index (χ0) is 23.1. The summed E-state index contributed by atoms with van der Waals surface area (Å²) < 4.78 is 7.10. The normalized spacial score (nSPS) is 11.1. The highest BCUT2D eigenvalue weighted by molar-refractivity contribution is 5.94. The van der Waals surface area contributed by atoms with Gasteiger partial charge in [0.25, 0.3) is 5.91 Å². The molecule has 0 unspecified atom stereocenters. The van der Waals surface area contributed by atoms with E-state index in [4.69, 9.17) is 4.74 Å². The van der Waals surface area contributed by atoms with Crippen LogP contribution in [0.3, 0.4) is 0 Å². The highest BCUT2D eigenvalue weighted by atomic mass is 16.6. The average Bonchev–Trinajstić information content (AvgIpc) is 3.18. The highest BCUT2D eigenvalue weighted by Crippen LogP contribution is 2.12. The molecule has 3 rings (SSSR count). The molecule has 7 nitrogen and oxygen atoms in total. The monoisotopic (exact) mass is 434 g/mol. The van der Waals surface area contributed by atoms with E-state index < -0.39 is 11.7 Å². The number of carbonyl (C=O) groups is 2. The lowest BCUT2D eigenvalue weighted by molar-refractivity contribution is 0.0523. The molecule has 2 aromatic carbocycles. The standard InChI is InChI=1S/C25H30N4O3/c1-25(2,3)32-24(31)26-14-19-10-12-22(13-11-19)23(30)28(4)16-21-15-27-29(18-21)17-20-8-6-5-7-9-20/h5-13,15,18H,14,16-17H2,1-4H3,(H,26,31). The average molecular weight is 435 g/mol. The molecule has 32 heavy (non-hydrogen) atoms. The minimum absolute atomic E-state index is 0.0764. The molecule has 0 aliphatic heterocycles. The van der Waals surface area contributed by atoms with E-state index in [1.165, 1.54) is 5.56 Å². The van der Waals surface area contributed by atoms with Crippen molar-refractivity contribution in [2.75, 3.05) is 7.05 Å². The molecule has 1 heterocycles. The second-order valence-corrected chi connectivity index (χ2v) is 8.75. The van der Waals surface area contributed by atoms with Crippen LogP contribution in [0.25, 0.3) is 0 Å². The number of alkyl carbamates (subject to hydrolysis) is 1. The maximum atomic E-state index is 12.8. The molecule has 0 aliphatic rings. The maximum absolute atomic E-state index is 12.8. The van der Waals surface area contributed by atoms with Gasteiger partial charge in [-0.1, -0.05) is 42.5 Å². The molecule has 0 spiro atoms. The van der Waals surface area contributed by atoms with Gasteiger partial charge in [-0.05, 0) is 44.0 Å². The van der Waals surface area contributed by atoms with Crippen LogP contribution in [0.15, 0.2) is 67.0 Å². The summed E-state index contributed by atoms with van der Waals surface area (Å²) in [7, 11) is 1.77. The minimum Gasteiger partial charge on any atom is -0.444 e. The van der Waals surface area contributed by atoms with Gasteiger partial charge in [-0.25, -0.2) is 4.79 Å². The lowest BCUT2D eigenvalue weighted by atomic mass is 10.1. The highest BCUT2D eigenvalue weighted by Gasteiger charge is 2.16. The van der Waals surface area contributed by atoms with Gasteiger partial charge in [0.2, 0.25) is 0 Å². The van der Waals surface area contributed by atoms with Crippen molar-refractivity contribution in [3.8, 4) is 0 Å². The van der Waals surface area contributed by atoms with Crippen LogP contribution in [0.2, 0.25) is 0 Å². The van der Waals surface area contributed by atoms with Gasteiger partial charge in [-0.15, -0.1) is 0 Å². The summed E-state index contributed by atoms with van der Waals surface area (Å²) in [5, 5.41) is 7.11. The first-order chi connectivity index (χ1) is 15.2. The molecule has 0 saturated heterocycles. The molecule has 3 aromatic rings. The van der Waals surface area contributed by atoms with Gasteiger partial charge < -0.3 is 15.0 Å². The lowest BCUT2D eigenvalue weighted by Gasteiger charge is -2.19. The second kappa shape index (κ2) is 10.1. The number of aromatic nitrogens is 2. The van der Waals surface area contributed by atoms with Gasteiger partial charge in [-0.3, -0.25) is 9.48 Å². The van der Waals surface area contributed by atoms with Crippen LogP contribution in [0, 0.1) is 0 Å². The third-order valence-electron chi connectivity index (χ3n) is 4.68. The summed E-state index contributed by atoms with van der Waals surface area (Å²) in [5.74, 6) is -0.0764. The van der Waals surface area contributed by atoms with Crippen molar-refractivity contribution in [3.63, 3.8) is 0 Å². The van der Waals surface area contributed by atoms with E-state index in [9.17, 15) is 9.59 Å². The number of carbonyl (C=O) groups excluding carboxylic acids is 2. The van der Waals surface area contributed by atoms with Crippen molar-refractivity contribution in [3.05, 3.63) is 89.2 Å². The fraction of sp³-hybridized carbons (Fsp3) is 0.320.